The van der Waals surface area contributed by atoms with Crippen LogP contribution in [0.1, 0.15) is 32.3 Å². The molecular weight excluding hydrogens is 230 g/mol. The minimum atomic E-state index is 0.803. The summed E-state index contributed by atoms with van der Waals surface area (Å²) in [7, 11) is 0. The highest BCUT2D eigenvalue weighted by atomic mass is 35.5. The van der Waals surface area contributed by atoms with Gasteiger partial charge in [0, 0.05) is 18.1 Å². The van der Waals surface area contributed by atoms with E-state index < -0.39 is 0 Å². The van der Waals surface area contributed by atoms with Gasteiger partial charge in [0.05, 0.1) is 0 Å². The third-order valence-corrected chi connectivity index (χ3v) is 4.02. The number of nitrogens with zero attached hydrogens (tertiary/aromatic N) is 1. The summed E-state index contributed by atoms with van der Waals surface area (Å²) in [6.45, 7) is 8.20. The first-order valence-electron chi connectivity index (χ1n) is 6.62. The zero-order chi connectivity index (χ0) is 12.3. The number of hydrogen-bond donors (Lipinski definition) is 0. The summed E-state index contributed by atoms with van der Waals surface area (Å²) in [5.74, 6) is 1.67. The van der Waals surface area contributed by atoms with Crippen molar-refractivity contribution < 1.29 is 0 Å². The standard InChI is InChI=1S/C15H22ClN/c1-12(2)14-6-4-8-17(11-14)10-13-5-3-7-15(16)9-13/h3,5,7,9,12,14H,4,6,8,10-11H2,1-2H3/t14-/m1/s1. The Balaban J connectivity index is 1.94. The molecule has 94 valence electrons. The van der Waals surface area contributed by atoms with E-state index in [9.17, 15) is 0 Å². The second-order valence-corrected chi connectivity index (χ2v) is 5.95. The van der Waals surface area contributed by atoms with Crippen molar-refractivity contribution in [2.45, 2.75) is 33.2 Å². The molecule has 1 atom stereocenters. The quantitative estimate of drug-likeness (QED) is 0.778. The highest BCUT2D eigenvalue weighted by Crippen LogP contribution is 2.24. The molecule has 0 unspecified atom stereocenters. The average molecular weight is 252 g/mol. The maximum absolute atomic E-state index is 6.02. The summed E-state index contributed by atoms with van der Waals surface area (Å²) in [4.78, 5) is 2.57. The van der Waals surface area contributed by atoms with E-state index in [-0.39, 0.29) is 0 Å². The lowest BCUT2D eigenvalue weighted by atomic mass is 9.88. The van der Waals surface area contributed by atoms with E-state index in [1.165, 1.54) is 31.5 Å². The Morgan fingerprint density at radius 2 is 2.24 bits per heavy atom. The molecule has 2 heteroatoms. The van der Waals surface area contributed by atoms with Gasteiger partial charge in [0.1, 0.15) is 0 Å². The fourth-order valence-electron chi connectivity index (χ4n) is 2.67. The van der Waals surface area contributed by atoms with E-state index in [0.29, 0.717) is 0 Å². The van der Waals surface area contributed by atoms with E-state index in [1.54, 1.807) is 0 Å². The maximum atomic E-state index is 6.02. The molecule has 1 saturated heterocycles. The molecule has 17 heavy (non-hydrogen) atoms. The zero-order valence-electron chi connectivity index (χ0n) is 10.8. The first-order valence-corrected chi connectivity index (χ1v) is 7.00. The first kappa shape index (κ1) is 12.9. The Hall–Kier alpha value is -0.530. The Morgan fingerprint density at radius 3 is 2.94 bits per heavy atom. The van der Waals surface area contributed by atoms with E-state index in [4.69, 9.17) is 11.6 Å². The summed E-state index contributed by atoms with van der Waals surface area (Å²) >= 11 is 6.02. The van der Waals surface area contributed by atoms with E-state index in [1.807, 2.05) is 12.1 Å². The number of rotatable bonds is 3. The highest BCUT2D eigenvalue weighted by Gasteiger charge is 2.22. The minimum Gasteiger partial charge on any atom is -0.299 e. The van der Waals surface area contributed by atoms with E-state index in [0.717, 1.165) is 23.4 Å². The highest BCUT2D eigenvalue weighted by molar-refractivity contribution is 6.30. The molecule has 0 radical (unpaired) electrons. The lowest BCUT2D eigenvalue weighted by molar-refractivity contribution is 0.139. The first-order chi connectivity index (χ1) is 8.15. The average Bonchev–Trinajstić information content (AvgIpc) is 2.29. The Kier molecular flexibility index (Phi) is 4.47. The van der Waals surface area contributed by atoms with Gasteiger partial charge in [-0.3, -0.25) is 4.90 Å². The lowest BCUT2D eigenvalue weighted by Crippen LogP contribution is -2.36. The maximum Gasteiger partial charge on any atom is 0.0409 e. The number of likely N-dealkylation sites (tertiary alicyclic amines) is 1. The van der Waals surface area contributed by atoms with Crippen LogP contribution in [0.3, 0.4) is 0 Å². The Labute approximate surface area is 110 Å². The molecule has 1 aliphatic rings. The Morgan fingerprint density at radius 1 is 1.41 bits per heavy atom. The lowest BCUT2D eigenvalue weighted by Gasteiger charge is -2.34. The van der Waals surface area contributed by atoms with Gasteiger partial charge in [-0.15, -0.1) is 0 Å². The SMILES string of the molecule is CC(C)[C@@H]1CCCN(Cc2cccc(Cl)c2)C1. The van der Waals surface area contributed by atoms with Gasteiger partial charge < -0.3 is 0 Å². The summed E-state index contributed by atoms with van der Waals surface area (Å²) in [5, 5.41) is 0.847. The third kappa shape index (κ3) is 3.72. The van der Waals surface area contributed by atoms with Crippen molar-refractivity contribution in [3.63, 3.8) is 0 Å². The molecule has 1 aromatic rings. The van der Waals surface area contributed by atoms with Gasteiger partial charge in [-0.25, -0.2) is 0 Å². The molecule has 1 aliphatic heterocycles. The molecule has 0 amide bonds. The number of halogens is 1. The van der Waals surface area contributed by atoms with Gasteiger partial charge in [0.25, 0.3) is 0 Å². The number of benzene rings is 1. The van der Waals surface area contributed by atoms with Crippen molar-refractivity contribution in [3.8, 4) is 0 Å². The topological polar surface area (TPSA) is 3.24 Å². The van der Waals surface area contributed by atoms with Crippen molar-refractivity contribution >= 4 is 11.6 Å². The van der Waals surface area contributed by atoms with Gasteiger partial charge in [-0.2, -0.15) is 0 Å². The molecule has 1 fully saturated rings. The van der Waals surface area contributed by atoms with Crippen LogP contribution in [0.15, 0.2) is 24.3 Å². The molecule has 0 spiro atoms. The smallest absolute Gasteiger partial charge is 0.0409 e. The summed E-state index contributed by atoms with van der Waals surface area (Å²) in [6, 6.07) is 8.24. The van der Waals surface area contributed by atoms with Crippen LogP contribution >= 0.6 is 11.6 Å². The molecule has 0 aromatic heterocycles. The van der Waals surface area contributed by atoms with Crippen LogP contribution in [0.25, 0.3) is 0 Å². The van der Waals surface area contributed by atoms with Crippen molar-refractivity contribution in [1.29, 1.82) is 0 Å². The zero-order valence-corrected chi connectivity index (χ0v) is 11.6. The molecule has 0 N–H and O–H groups in total. The van der Waals surface area contributed by atoms with Crippen LogP contribution < -0.4 is 0 Å². The molecule has 1 heterocycles. The molecular formula is C15H22ClN. The number of hydrogen-bond acceptors (Lipinski definition) is 1. The van der Waals surface area contributed by atoms with Gasteiger partial charge >= 0.3 is 0 Å². The summed E-state index contributed by atoms with van der Waals surface area (Å²) in [5.41, 5.74) is 1.34. The van der Waals surface area contributed by atoms with Crippen molar-refractivity contribution in [2.24, 2.45) is 11.8 Å². The second kappa shape index (κ2) is 5.88. The molecule has 0 aliphatic carbocycles. The van der Waals surface area contributed by atoms with Crippen LogP contribution in [0.2, 0.25) is 5.02 Å². The van der Waals surface area contributed by atoms with Crippen LogP contribution in [0.4, 0.5) is 0 Å². The molecule has 1 nitrogen and oxygen atoms in total. The van der Waals surface area contributed by atoms with Gasteiger partial charge in [-0.05, 0) is 48.9 Å². The molecule has 1 aromatic carbocycles. The van der Waals surface area contributed by atoms with E-state index >= 15 is 0 Å². The summed E-state index contributed by atoms with van der Waals surface area (Å²) in [6.07, 6.45) is 2.73. The number of piperidine rings is 1. The van der Waals surface area contributed by atoms with Gasteiger partial charge in [0.2, 0.25) is 0 Å². The van der Waals surface area contributed by atoms with Gasteiger partial charge in [0.15, 0.2) is 0 Å². The van der Waals surface area contributed by atoms with E-state index in [2.05, 4.69) is 30.9 Å². The summed E-state index contributed by atoms with van der Waals surface area (Å²) < 4.78 is 0. The fraction of sp³-hybridized carbons (Fsp3) is 0.600. The van der Waals surface area contributed by atoms with Crippen LogP contribution in [-0.2, 0) is 6.54 Å². The monoisotopic (exact) mass is 251 g/mol. The normalized spacial score (nSPS) is 22.0. The second-order valence-electron chi connectivity index (χ2n) is 5.51. The minimum absolute atomic E-state index is 0.803. The Bertz CT molecular complexity index is 362. The third-order valence-electron chi connectivity index (χ3n) is 3.78. The van der Waals surface area contributed by atoms with Crippen molar-refractivity contribution in [1.82, 2.24) is 4.90 Å². The van der Waals surface area contributed by atoms with Crippen LogP contribution in [-0.4, -0.2) is 18.0 Å². The van der Waals surface area contributed by atoms with Crippen molar-refractivity contribution in [2.75, 3.05) is 13.1 Å². The molecule has 0 bridgehead atoms. The predicted octanol–water partition coefficient (Wildman–Crippen LogP) is 4.21. The van der Waals surface area contributed by atoms with Crippen molar-refractivity contribution in [3.05, 3.63) is 34.9 Å². The largest absolute Gasteiger partial charge is 0.299 e. The van der Waals surface area contributed by atoms with Crippen LogP contribution in [0, 0.1) is 11.8 Å². The molecule has 0 saturated carbocycles. The fourth-order valence-corrected chi connectivity index (χ4v) is 2.89. The predicted molar refractivity (Wildman–Crippen MR) is 74.3 cm³/mol. The molecule has 2 rings (SSSR count). The van der Waals surface area contributed by atoms with Gasteiger partial charge in [-0.1, -0.05) is 37.6 Å². The van der Waals surface area contributed by atoms with Crippen LogP contribution in [0.5, 0.6) is 0 Å².